The number of fused-ring (bicyclic) bond motifs is 2. The lowest BCUT2D eigenvalue weighted by molar-refractivity contribution is -0.157. The van der Waals surface area contributed by atoms with Crippen molar-refractivity contribution in [3.8, 4) is 5.75 Å². The zero-order valence-corrected chi connectivity index (χ0v) is 25.8. The topological polar surface area (TPSA) is 99.6 Å². The minimum absolute atomic E-state index is 0.0998. The van der Waals surface area contributed by atoms with Crippen LogP contribution >= 0.6 is 0 Å². The fourth-order valence-corrected chi connectivity index (χ4v) is 8.30. The second kappa shape index (κ2) is 11.4. The minimum Gasteiger partial charge on any atom is -0.494 e. The number of nitrogens with zero attached hydrogens (tertiary/aromatic N) is 3. The van der Waals surface area contributed by atoms with Gasteiger partial charge in [0.15, 0.2) is 0 Å². The van der Waals surface area contributed by atoms with Crippen LogP contribution in [-0.2, 0) is 19.1 Å². The monoisotopic (exact) mass is 591 g/mol. The Hall–Kier alpha value is -3.17. The van der Waals surface area contributed by atoms with Crippen LogP contribution in [0.4, 0.5) is 5.69 Å². The number of hydrogen-bond acceptors (Lipinski definition) is 6. The zero-order valence-electron chi connectivity index (χ0n) is 25.8. The van der Waals surface area contributed by atoms with Crippen molar-refractivity contribution in [2.24, 2.45) is 17.8 Å². The molecule has 4 heterocycles. The molecule has 1 aliphatic carbocycles. The standard InChI is InChI=1S/C34H45N3O6/c1-5-42-25-15-13-24(14-16-25)35-19-9-17-33(4)27(30(35)39)28-31(40)37(26(21-38)22(2)3)29-32(41)36(23-11-7-6-8-12-23)20-10-18-34(28,29)43-33/h9-10,13-18,22-23,26-29,38H,5-8,11-12,19-21H2,1-4H3/t26-,27+,28-,29?,33-,34-/m0/s1. The van der Waals surface area contributed by atoms with Crippen LogP contribution in [0.3, 0.4) is 0 Å². The lowest BCUT2D eigenvalue weighted by Crippen LogP contribution is -2.60. The summed E-state index contributed by atoms with van der Waals surface area (Å²) in [4.78, 5) is 49.2. The molecule has 1 aromatic carbocycles. The first kappa shape index (κ1) is 29.9. The predicted octanol–water partition coefficient (Wildman–Crippen LogP) is 3.71. The Morgan fingerprint density at radius 1 is 0.953 bits per heavy atom. The first-order valence-electron chi connectivity index (χ1n) is 16.0. The molecule has 0 aromatic heterocycles. The number of benzene rings is 1. The van der Waals surface area contributed by atoms with Crippen molar-refractivity contribution in [3.63, 3.8) is 0 Å². The van der Waals surface area contributed by atoms with Gasteiger partial charge in [-0.3, -0.25) is 14.4 Å². The number of carbonyl (C=O) groups is 3. The van der Waals surface area contributed by atoms with Crippen LogP contribution in [-0.4, -0.2) is 88.3 Å². The number of rotatable bonds is 7. The van der Waals surface area contributed by atoms with E-state index in [4.69, 9.17) is 9.47 Å². The molecule has 3 fully saturated rings. The van der Waals surface area contributed by atoms with Crippen molar-refractivity contribution in [2.45, 2.75) is 89.1 Å². The van der Waals surface area contributed by atoms with Crippen molar-refractivity contribution in [3.05, 3.63) is 48.6 Å². The van der Waals surface area contributed by atoms with Crippen LogP contribution < -0.4 is 9.64 Å². The van der Waals surface area contributed by atoms with Crippen molar-refractivity contribution < 1.29 is 29.0 Å². The molecule has 2 saturated heterocycles. The summed E-state index contributed by atoms with van der Waals surface area (Å²) in [5.74, 6) is -1.83. The maximum Gasteiger partial charge on any atom is 0.249 e. The molecule has 1 spiro atoms. The third-order valence-electron chi connectivity index (χ3n) is 10.3. The van der Waals surface area contributed by atoms with Gasteiger partial charge in [0.25, 0.3) is 0 Å². The van der Waals surface area contributed by atoms with Gasteiger partial charge in [0.05, 0.1) is 36.7 Å². The van der Waals surface area contributed by atoms with Gasteiger partial charge in [0, 0.05) is 24.8 Å². The van der Waals surface area contributed by atoms with Crippen LogP contribution in [0.5, 0.6) is 5.75 Å². The van der Waals surface area contributed by atoms with E-state index in [2.05, 4.69) is 0 Å². The fraction of sp³-hybridized carbons (Fsp3) is 0.618. The summed E-state index contributed by atoms with van der Waals surface area (Å²) < 4.78 is 12.6. The molecule has 6 rings (SSSR count). The van der Waals surface area contributed by atoms with E-state index >= 15 is 0 Å². The molecule has 232 valence electrons. The molecule has 4 aliphatic heterocycles. The fourth-order valence-electron chi connectivity index (χ4n) is 8.30. The Bertz CT molecular complexity index is 1300. The second-order valence-electron chi connectivity index (χ2n) is 13.2. The number of carbonyl (C=O) groups excluding carboxylic acids is 3. The quantitative estimate of drug-likeness (QED) is 0.486. The first-order valence-corrected chi connectivity index (χ1v) is 16.0. The van der Waals surface area contributed by atoms with Gasteiger partial charge in [-0.25, -0.2) is 0 Å². The Morgan fingerprint density at radius 2 is 1.65 bits per heavy atom. The first-order chi connectivity index (χ1) is 20.7. The molecule has 5 aliphatic rings. The molecule has 1 N–H and O–H groups in total. The number of likely N-dealkylation sites (tertiary alicyclic amines) is 1. The molecule has 43 heavy (non-hydrogen) atoms. The molecule has 1 saturated carbocycles. The van der Waals surface area contributed by atoms with Crippen LogP contribution in [0.25, 0.3) is 0 Å². The van der Waals surface area contributed by atoms with E-state index in [0.29, 0.717) is 25.4 Å². The van der Waals surface area contributed by atoms with Crippen molar-refractivity contribution in [1.82, 2.24) is 9.80 Å². The van der Waals surface area contributed by atoms with Crippen molar-refractivity contribution in [1.29, 1.82) is 0 Å². The van der Waals surface area contributed by atoms with Gasteiger partial charge < -0.3 is 29.3 Å². The second-order valence-corrected chi connectivity index (χ2v) is 13.2. The van der Waals surface area contributed by atoms with E-state index in [1.807, 2.05) is 81.2 Å². The van der Waals surface area contributed by atoms with Gasteiger partial charge in [-0.2, -0.15) is 0 Å². The van der Waals surface area contributed by atoms with Crippen LogP contribution in [0, 0.1) is 17.8 Å². The number of anilines is 1. The summed E-state index contributed by atoms with van der Waals surface area (Å²) in [5, 5.41) is 10.6. The van der Waals surface area contributed by atoms with E-state index in [1.165, 1.54) is 0 Å². The molecule has 9 heteroatoms. The molecular formula is C34H45N3O6. The molecule has 0 bridgehead atoms. The third-order valence-corrected chi connectivity index (χ3v) is 10.3. The normalized spacial score (nSPS) is 33.4. The van der Waals surface area contributed by atoms with E-state index < -0.39 is 35.1 Å². The van der Waals surface area contributed by atoms with Gasteiger partial charge in [-0.15, -0.1) is 0 Å². The van der Waals surface area contributed by atoms with Crippen LogP contribution in [0.15, 0.2) is 48.6 Å². The Kier molecular flexibility index (Phi) is 7.92. The predicted molar refractivity (Wildman–Crippen MR) is 162 cm³/mol. The van der Waals surface area contributed by atoms with Gasteiger partial charge in [-0.05, 0) is 56.9 Å². The SMILES string of the molecule is CCOc1ccc(N2CC=C[C@]3(C)O[C@]45C=CCN(C6CCCCC6)C(=O)C4N([C@@H](CO)C(C)C)C(=O)[C@@H]5[C@@H]3C2=O)cc1. The Balaban J connectivity index is 1.44. The number of aliphatic hydroxyl groups excluding tert-OH is 1. The lowest BCUT2D eigenvalue weighted by atomic mass is 9.74. The van der Waals surface area contributed by atoms with Gasteiger partial charge in [0.2, 0.25) is 17.7 Å². The molecular weight excluding hydrogens is 546 g/mol. The average molecular weight is 592 g/mol. The smallest absolute Gasteiger partial charge is 0.249 e. The highest BCUT2D eigenvalue weighted by Crippen LogP contribution is 2.58. The minimum atomic E-state index is -1.33. The number of hydrogen-bond donors (Lipinski definition) is 1. The molecule has 1 aromatic rings. The Labute approximate surface area is 254 Å². The van der Waals surface area contributed by atoms with Crippen molar-refractivity contribution >= 4 is 23.4 Å². The number of amides is 3. The summed E-state index contributed by atoms with van der Waals surface area (Å²) >= 11 is 0. The largest absolute Gasteiger partial charge is 0.494 e. The van der Waals surface area contributed by atoms with E-state index in [-0.39, 0.29) is 36.3 Å². The molecule has 9 nitrogen and oxygen atoms in total. The average Bonchev–Trinajstić information content (AvgIpc) is 3.25. The molecule has 1 unspecified atom stereocenters. The third kappa shape index (κ3) is 4.70. The highest BCUT2D eigenvalue weighted by molar-refractivity contribution is 6.04. The van der Waals surface area contributed by atoms with Crippen molar-refractivity contribution in [2.75, 3.05) is 31.2 Å². The van der Waals surface area contributed by atoms with Gasteiger partial charge in [0.1, 0.15) is 17.4 Å². The molecule has 6 atom stereocenters. The Morgan fingerprint density at radius 3 is 2.30 bits per heavy atom. The summed E-state index contributed by atoms with van der Waals surface area (Å²) in [6.07, 6.45) is 12.9. The highest BCUT2D eigenvalue weighted by atomic mass is 16.5. The summed E-state index contributed by atoms with van der Waals surface area (Å²) in [7, 11) is 0. The maximum absolute atomic E-state index is 14.7. The maximum atomic E-state index is 14.7. The van der Waals surface area contributed by atoms with Crippen LogP contribution in [0.1, 0.15) is 59.8 Å². The number of aliphatic hydroxyl groups is 1. The van der Waals surface area contributed by atoms with Gasteiger partial charge >= 0.3 is 0 Å². The molecule has 3 amide bonds. The summed E-state index contributed by atoms with van der Waals surface area (Å²) in [5.41, 5.74) is -1.73. The van der Waals surface area contributed by atoms with Crippen LogP contribution in [0.2, 0.25) is 0 Å². The zero-order chi connectivity index (χ0) is 30.5. The number of ether oxygens (including phenoxy) is 2. The molecule has 0 radical (unpaired) electrons. The summed E-state index contributed by atoms with van der Waals surface area (Å²) in [6, 6.07) is 5.94. The van der Waals surface area contributed by atoms with E-state index in [9.17, 15) is 19.5 Å². The highest BCUT2D eigenvalue weighted by Gasteiger charge is 2.75. The van der Waals surface area contributed by atoms with E-state index in [0.717, 1.165) is 37.9 Å². The van der Waals surface area contributed by atoms with E-state index in [1.54, 1.807) is 9.80 Å². The lowest BCUT2D eigenvalue weighted by Gasteiger charge is -2.43. The summed E-state index contributed by atoms with van der Waals surface area (Å²) in [6.45, 7) is 8.72. The van der Waals surface area contributed by atoms with Gasteiger partial charge in [-0.1, -0.05) is 57.4 Å².